The zero-order chi connectivity index (χ0) is 12.3. The Morgan fingerprint density at radius 1 is 1.62 bits per heavy atom. The normalized spacial score (nSPS) is 12.0. The zero-order valence-corrected chi connectivity index (χ0v) is 9.89. The smallest absolute Gasteiger partial charge is 0.263 e. The highest BCUT2D eigenvalue weighted by Crippen LogP contribution is 2.21. The Kier molecular flexibility index (Phi) is 4.27. The molecule has 0 aliphatic carbocycles. The van der Waals surface area contributed by atoms with Crippen LogP contribution in [0.2, 0.25) is 0 Å². The molecule has 1 rings (SSSR count). The number of rotatable bonds is 3. The van der Waals surface area contributed by atoms with Gasteiger partial charge in [-0.2, -0.15) is 0 Å². The molecule has 5 nitrogen and oxygen atoms in total. The molecule has 0 radical (unpaired) electrons. The highest BCUT2D eigenvalue weighted by Gasteiger charge is 2.17. The Morgan fingerprint density at radius 3 is 2.75 bits per heavy atom. The van der Waals surface area contributed by atoms with Gasteiger partial charge in [0.15, 0.2) is 0 Å². The molecule has 1 atom stereocenters. The first-order chi connectivity index (χ1) is 7.47. The standard InChI is InChI=1S/C8H9FN2O3S2/c1-11(16(13)14)7-3-2-5(9)4-6(7)8(12)10-15/h2-4,15H,1H3,(H,10,12)(H,13,14). The number of amides is 1. The van der Waals surface area contributed by atoms with Gasteiger partial charge in [0.1, 0.15) is 5.82 Å². The second-order valence-electron chi connectivity index (χ2n) is 2.83. The van der Waals surface area contributed by atoms with E-state index in [1.807, 2.05) is 4.72 Å². The molecule has 0 saturated carbocycles. The van der Waals surface area contributed by atoms with Crippen LogP contribution in [-0.4, -0.2) is 21.7 Å². The minimum atomic E-state index is -2.29. The van der Waals surface area contributed by atoms with Gasteiger partial charge >= 0.3 is 0 Å². The van der Waals surface area contributed by atoms with Crippen molar-refractivity contribution >= 4 is 35.7 Å². The minimum Gasteiger partial charge on any atom is -0.299 e. The van der Waals surface area contributed by atoms with Gasteiger partial charge in [-0.15, -0.1) is 0 Å². The van der Waals surface area contributed by atoms with Gasteiger partial charge in [0.2, 0.25) is 0 Å². The summed E-state index contributed by atoms with van der Waals surface area (Å²) in [6.45, 7) is 0. The van der Waals surface area contributed by atoms with Crippen LogP contribution in [0.3, 0.4) is 0 Å². The molecule has 1 unspecified atom stereocenters. The van der Waals surface area contributed by atoms with E-state index in [0.717, 1.165) is 16.4 Å². The quantitative estimate of drug-likeness (QED) is 0.563. The van der Waals surface area contributed by atoms with Gasteiger partial charge in [0.05, 0.1) is 11.3 Å². The van der Waals surface area contributed by atoms with Crippen molar-refractivity contribution in [3.8, 4) is 0 Å². The molecule has 0 bridgehead atoms. The lowest BCUT2D eigenvalue weighted by molar-refractivity contribution is 0.0985. The third kappa shape index (κ3) is 2.71. The van der Waals surface area contributed by atoms with Gasteiger partial charge in [0.25, 0.3) is 17.2 Å². The lowest BCUT2D eigenvalue weighted by Gasteiger charge is -2.16. The SMILES string of the molecule is CN(c1ccc(F)cc1C(=O)NS)S(=O)O. The van der Waals surface area contributed by atoms with E-state index in [2.05, 4.69) is 12.8 Å². The topological polar surface area (TPSA) is 69.6 Å². The van der Waals surface area contributed by atoms with Crippen LogP contribution in [0.5, 0.6) is 0 Å². The van der Waals surface area contributed by atoms with Crippen molar-refractivity contribution < 1.29 is 17.9 Å². The monoisotopic (exact) mass is 264 g/mol. The Morgan fingerprint density at radius 2 is 2.25 bits per heavy atom. The number of nitrogens with one attached hydrogen (secondary N) is 1. The maximum absolute atomic E-state index is 12.9. The van der Waals surface area contributed by atoms with E-state index in [4.69, 9.17) is 4.55 Å². The van der Waals surface area contributed by atoms with Gasteiger partial charge in [-0.05, 0) is 18.2 Å². The summed E-state index contributed by atoms with van der Waals surface area (Å²) >= 11 is 1.26. The molecule has 0 aliphatic heterocycles. The molecular weight excluding hydrogens is 255 g/mol. The first-order valence-electron chi connectivity index (χ1n) is 4.06. The van der Waals surface area contributed by atoms with Gasteiger partial charge in [0, 0.05) is 7.05 Å². The fourth-order valence-corrected chi connectivity index (χ4v) is 1.56. The third-order valence-corrected chi connectivity index (χ3v) is 2.75. The number of thiol groups is 1. The molecule has 0 fully saturated rings. The number of nitrogens with zero attached hydrogens (tertiary/aromatic N) is 1. The number of hydrogen-bond donors (Lipinski definition) is 3. The van der Waals surface area contributed by atoms with Crippen LogP contribution in [0.25, 0.3) is 0 Å². The van der Waals surface area contributed by atoms with Crippen LogP contribution in [0.1, 0.15) is 10.4 Å². The van der Waals surface area contributed by atoms with Crippen molar-refractivity contribution in [2.75, 3.05) is 11.4 Å². The molecule has 88 valence electrons. The second-order valence-corrected chi connectivity index (χ2v) is 4.06. The van der Waals surface area contributed by atoms with Crippen molar-refractivity contribution in [3.63, 3.8) is 0 Å². The molecular formula is C8H9FN2O3S2. The highest BCUT2D eigenvalue weighted by atomic mass is 32.2. The Bertz CT molecular complexity index is 441. The largest absolute Gasteiger partial charge is 0.299 e. The van der Waals surface area contributed by atoms with E-state index in [-0.39, 0.29) is 11.3 Å². The summed E-state index contributed by atoms with van der Waals surface area (Å²) in [7, 11) is 1.30. The predicted molar refractivity (Wildman–Crippen MR) is 62.0 cm³/mol. The van der Waals surface area contributed by atoms with Gasteiger partial charge < -0.3 is 0 Å². The van der Waals surface area contributed by atoms with Gasteiger partial charge in [-0.25, -0.2) is 8.60 Å². The summed E-state index contributed by atoms with van der Waals surface area (Å²) in [5.74, 6) is -1.28. The maximum atomic E-state index is 12.9. The first-order valence-corrected chi connectivity index (χ1v) is 5.57. The van der Waals surface area contributed by atoms with Crippen LogP contribution < -0.4 is 9.03 Å². The molecule has 8 heteroatoms. The van der Waals surface area contributed by atoms with E-state index in [0.29, 0.717) is 0 Å². The molecule has 16 heavy (non-hydrogen) atoms. The van der Waals surface area contributed by atoms with Crippen molar-refractivity contribution in [1.82, 2.24) is 4.72 Å². The van der Waals surface area contributed by atoms with E-state index < -0.39 is 23.0 Å². The second kappa shape index (κ2) is 5.28. The van der Waals surface area contributed by atoms with Crippen LogP contribution >= 0.6 is 12.8 Å². The van der Waals surface area contributed by atoms with Gasteiger partial charge in [-0.1, -0.05) is 12.8 Å². The number of carbonyl (C=O) groups excluding carboxylic acids is 1. The van der Waals surface area contributed by atoms with Crippen molar-refractivity contribution in [3.05, 3.63) is 29.6 Å². The summed E-state index contributed by atoms with van der Waals surface area (Å²) in [6.07, 6.45) is 0. The van der Waals surface area contributed by atoms with Gasteiger partial charge in [-0.3, -0.25) is 18.4 Å². The fraction of sp³-hybridized carbons (Fsp3) is 0.125. The van der Waals surface area contributed by atoms with E-state index >= 15 is 0 Å². The molecule has 0 spiro atoms. The van der Waals surface area contributed by atoms with Crippen molar-refractivity contribution in [2.24, 2.45) is 0 Å². The molecule has 1 aromatic rings. The molecule has 0 saturated heterocycles. The average molecular weight is 264 g/mol. The van der Waals surface area contributed by atoms with Crippen LogP contribution in [-0.2, 0) is 11.3 Å². The number of benzene rings is 1. The van der Waals surface area contributed by atoms with Crippen LogP contribution in [0.15, 0.2) is 18.2 Å². The van der Waals surface area contributed by atoms with E-state index in [9.17, 15) is 13.4 Å². The molecule has 2 N–H and O–H groups in total. The molecule has 0 aliphatic rings. The molecule has 0 aromatic heterocycles. The molecule has 1 aromatic carbocycles. The lowest BCUT2D eigenvalue weighted by Crippen LogP contribution is -2.24. The summed E-state index contributed by atoms with van der Waals surface area (Å²) in [5, 5.41) is 0. The fourth-order valence-electron chi connectivity index (χ4n) is 1.11. The van der Waals surface area contributed by atoms with Crippen molar-refractivity contribution in [2.45, 2.75) is 0 Å². The summed E-state index contributed by atoms with van der Waals surface area (Å²) in [5.41, 5.74) is 0.0636. The van der Waals surface area contributed by atoms with Crippen molar-refractivity contribution in [1.29, 1.82) is 0 Å². The average Bonchev–Trinajstić information content (AvgIpc) is 2.26. The Balaban J connectivity index is 3.27. The maximum Gasteiger partial charge on any atom is 0.263 e. The Labute approximate surface area is 99.6 Å². The van der Waals surface area contributed by atoms with Crippen LogP contribution in [0.4, 0.5) is 10.1 Å². The number of hydrogen-bond acceptors (Lipinski definition) is 3. The lowest BCUT2D eigenvalue weighted by atomic mass is 10.1. The van der Waals surface area contributed by atoms with Crippen LogP contribution in [0, 0.1) is 5.82 Å². The van der Waals surface area contributed by atoms with E-state index in [1.54, 1.807) is 0 Å². The summed E-state index contributed by atoms with van der Waals surface area (Å²) in [4.78, 5) is 11.4. The summed E-state index contributed by atoms with van der Waals surface area (Å²) < 4.78 is 35.6. The zero-order valence-electron chi connectivity index (χ0n) is 8.18. The van der Waals surface area contributed by atoms with E-state index in [1.165, 1.54) is 13.1 Å². The number of carbonyl (C=O) groups is 1. The highest BCUT2D eigenvalue weighted by molar-refractivity contribution is 7.80. The molecule has 1 amide bonds. The first kappa shape index (κ1) is 12.9. The number of halogens is 1. The third-order valence-electron chi connectivity index (χ3n) is 1.88. The molecule has 0 heterocycles. The number of anilines is 1. The predicted octanol–water partition coefficient (Wildman–Crippen LogP) is 0.973. The summed E-state index contributed by atoms with van der Waals surface area (Å²) in [6, 6.07) is 3.29. The Hall–Kier alpha value is -1.12. The minimum absolute atomic E-state index is 0.0695.